The van der Waals surface area contributed by atoms with Gasteiger partial charge in [0.2, 0.25) is 11.8 Å². The lowest BCUT2D eigenvalue weighted by molar-refractivity contribution is -0.139. The first-order valence-corrected chi connectivity index (χ1v) is 9.69. The van der Waals surface area contributed by atoms with Gasteiger partial charge in [0.1, 0.15) is 12.1 Å². The van der Waals surface area contributed by atoms with Crippen molar-refractivity contribution in [3.8, 4) is 0 Å². The number of rotatable bonds is 10. The number of carboxylic acids is 1. The molecule has 0 aliphatic heterocycles. The number of hydrogen-bond acceptors (Lipinski definition) is 4. The second-order valence-corrected chi connectivity index (χ2v) is 7.03. The molecule has 0 spiro atoms. The van der Waals surface area contributed by atoms with Crippen molar-refractivity contribution in [2.45, 2.75) is 24.9 Å². The van der Waals surface area contributed by atoms with Crippen molar-refractivity contribution in [2.24, 2.45) is 5.73 Å². The molecule has 158 valence electrons. The van der Waals surface area contributed by atoms with E-state index in [0.29, 0.717) is 0 Å². The number of primary amides is 1. The van der Waals surface area contributed by atoms with Crippen LogP contribution in [0.5, 0.6) is 0 Å². The van der Waals surface area contributed by atoms with E-state index in [-0.39, 0.29) is 24.5 Å². The summed E-state index contributed by atoms with van der Waals surface area (Å²) in [6, 6.07) is 16.5. The average molecular weight is 429 g/mol. The number of nitrogens with two attached hydrogens (primary N) is 1. The molecule has 9 heteroatoms. The Balaban J connectivity index is 1.83. The maximum atomic E-state index is 12.2. The lowest BCUT2D eigenvalue weighted by Gasteiger charge is -2.19. The van der Waals surface area contributed by atoms with E-state index in [2.05, 4.69) is 16.0 Å². The molecule has 0 bridgehead atoms. The van der Waals surface area contributed by atoms with Gasteiger partial charge in [0.25, 0.3) is 0 Å². The predicted octanol–water partition coefficient (Wildman–Crippen LogP) is 0.359. The highest BCUT2D eigenvalue weighted by atomic mass is 32.1. The summed E-state index contributed by atoms with van der Waals surface area (Å²) in [6.07, 6.45) is 0.494. The summed E-state index contributed by atoms with van der Waals surface area (Å²) in [6.45, 7) is -0.234. The van der Waals surface area contributed by atoms with Crippen molar-refractivity contribution in [1.29, 1.82) is 0 Å². The summed E-state index contributed by atoms with van der Waals surface area (Å²) in [7, 11) is 0. The minimum Gasteiger partial charge on any atom is -0.480 e. The summed E-state index contributed by atoms with van der Waals surface area (Å²) in [5.74, 6) is -2.21. The molecule has 2 aromatic carbocycles. The topological polar surface area (TPSA) is 134 Å². The number of thiocarbonyl (C=S) groups is 1. The van der Waals surface area contributed by atoms with Crippen molar-refractivity contribution in [2.75, 3.05) is 6.54 Å². The molecule has 2 amide bonds. The number of carbonyl (C=O) groups is 3. The van der Waals surface area contributed by atoms with Crippen LogP contribution in [0.4, 0.5) is 0 Å². The molecule has 2 aromatic rings. The van der Waals surface area contributed by atoms with E-state index in [1.807, 2.05) is 60.7 Å². The van der Waals surface area contributed by atoms with Crippen LogP contribution >= 0.6 is 12.2 Å². The molecule has 2 atom stereocenters. The van der Waals surface area contributed by atoms with E-state index in [1.165, 1.54) is 0 Å². The Morgan fingerprint density at radius 2 is 1.37 bits per heavy atom. The lowest BCUT2D eigenvalue weighted by atomic mass is 10.1. The number of nitrogens with one attached hydrogen (secondary N) is 3. The minimum atomic E-state index is -1.07. The van der Waals surface area contributed by atoms with Crippen LogP contribution in [0.3, 0.4) is 0 Å². The number of hydrogen-bond donors (Lipinski definition) is 5. The smallest absolute Gasteiger partial charge is 0.326 e. The van der Waals surface area contributed by atoms with Crippen molar-refractivity contribution in [3.05, 3.63) is 71.8 Å². The quantitative estimate of drug-likeness (QED) is 0.345. The summed E-state index contributed by atoms with van der Waals surface area (Å²) in [5, 5.41) is 17.3. The predicted molar refractivity (Wildman–Crippen MR) is 117 cm³/mol. The van der Waals surface area contributed by atoms with Crippen LogP contribution in [0, 0.1) is 0 Å². The lowest BCUT2D eigenvalue weighted by Crippen LogP contribution is -2.52. The highest BCUT2D eigenvalue weighted by Crippen LogP contribution is 2.04. The van der Waals surface area contributed by atoms with Gasteiger partial charge in [0.15, 0.2) is 5.11 Å². The van der Waals surface area contributed by atoms with Crippen LogP contribution in [-0.2, 0) is 27.2 Å². The number of amides is 2. The summed E-state index contributed by atoms with van der Waals surface area (Å²) >= 11 is 5.10. The fraction of sp³-hybridized carbons (Fsp3) is 0.238. The molecule has 0 heterocycles. The van der Waals surface area contributed by atoms with Crippen LogP contribution in [-0.4, -0.2) is 46.6 Å². The van der Waals surface area contributed by atoms with E-state index >= 15 is 0 Å². The Hall–Kier alpha value is -3.46. The van der Waals surface area contributed by atoms with Crippen LogP contribution < -0.4 is 21.7 Å². The highest BCUT2D eigenvalue weighted by Gasteiger charge is 2.21. The summed E-state index contributed by atoms with van der Waals surface area (Å²) < 4.78 is 0. The highest BCUT2D eigenvalue weighted by molar-refractivity contribution is 7.80. The van der Waals surface area contributed by atoms with E-state index in [4.69, 9.17) is 18.0 Å². The van der Waals surface area contributed by atoms with Gasteiger partial charge in [-0.15, -0.1) is 0 Å². The van der Waals surface area contributed by atoms with Gasteiger partial charge in [-0.2, -0.15) is 0 Å². The van der Waals surface area contributed by atoms with Gasteiger partial charge in [-0.3, -0.25) is 9.59 Å². The van der Waals surface area contributed by atoms with Crippen molar-refractivity contribution in [3.63, 3.8) is 0 Å². The summed E-state index contributed by atoms with van der Waals surface area (Å²) in [5.41, 5.74) is 7.08. The standard InChI is InChI=1S/C21H24N4O4S/c22-19(27)16(11-14-7-3-1-4-8-14)24-18(26)13-23-21(30)25-17(20(28)29)12-15-9-5-2-6-10-15/h1-10,16-17H,11-13H2,(H2,22,27)(H,24,26)(H,28,29)(H2,23,25,30)/t16-,17-/m0/s1. The molecular formula is C21H24N4O4S. The molecule has 0 saturated carbocycles. The maximum Gasteiger partial charge on any atom is 0.326 e. The molecule has 0 aromatic heterocycles. The van der Waals surface area contributed by atoms with Crippen molar-refractivity contribution >= 4 is 35.1 Å². The minimum absolute atomic E-state index is 0.0205. The van der Waals surface area contributed by atoms with E-state index in [1.54, 1.807) is 0 Å². The number of benzene rings is 2. The molecule has 30 heavy (non-hydrogen) atoms. The van der Waals surface area contributed by atoms with Crippen LogP contribution in [0.15, 0.2) is 60.7 Å². The third-order valence-electron chi connectivity index (χ3n) is 4.26. The van der Waals surface area contributed by atoms with Crippen LogP contribution in [0.2, 0.25) is 0 Å². The Morgan fingerprint density at radius 3 is 1.83 bits per heavy atom. The van der Waals surface area contributed by atoms with Gasteiger partial charge in [-0.05, 0) is 23.3 Å². The molecule has 8 nitrogen and oxygen atoms in total. The van der Waals surface area contributed by atoms with Crippen molar-refractivity contribution in [1.82, 2.24) is 16.0 Å². The maximum absolute atomic E-state index is 12.2. The van der Waals surface area contributed by atoms with Gasteiger partial charge in [0, 0.05) is 12.8 Å². The first-order valence-electron chi connectivity index (χ1n) is 9.29. The second kappa shape index (κ2) is 11.5. The Kier molecular flexibility index (Phi) is 8.76. The number of aliphatic carboxylic acids is 1. The van der Waals surface area contributed by atoms with Gasteiger partial charge < -0.3 is 26.8 Å². The molecule has 0 saturated heterocycles. The Labute approximate surface area is 179 Å². The van der Waals surface area contributed by atoms with E-state index in [9.17, 15) is 19.5 Å². The zero-order chi connectivity index (χ0) is 21.9. The molecule has 0 aliphatic rings. The molecular weight excluding hydrogens is 404 g/mol. The largest absolute Gasteiger partial charge is 0.480 e. The zero-order valence-corrected chi connectivity index (χ0v) is 17.0. The molecule has 0 aliphatic carbocycles. The Morgan fingerprint density at radius 1 is 0.867 bits per heavy atom. The zero-order valence-electron chi connectivity index (χ0n) is 16.2. The van der Waals surface area contributed by atoms with Gasteiger partial charge in [0.05, 0.1) is 6.54 Å². The average Bonchev–Trinajstić information content (AvgIpc) is 2.72. The fourth-order valence-corrected chi connectivity index (χ4v) is 2.95. The monoisotopic (exact) mass is 428 g/mol. The van der Waals surface area contributed by atoms with Gasteiger partial charge in [-0.1, -0.05) is 60.7 Å². The van der Waals surface area contributed by atoms with Crippen LogP contribution in [0.1, 0.15) is 11.1 Å². The third kappa shape index (κ3) is 7.88. The molecule has 2 rings (SSSR count). The molecule has 6 N–H and O–H groups in total. The first kappa shape index (κ1) is 22.8. The SMILES string of the molecule is NC(=O)[C@H](Cc1ccccc1)NC(=O)CNC(=S)N[C@@H](Cc1ccccc1)C(=O)O. The third-order valence-corrected chi connectivity index (χ3v) is 4.52. The van der Waals surface area contributed by atoms with Crippen molar-refractivity contribution < 1.29 is 19.5 Å². The molecule has 0 radical (unpaired) electrons. The fourth-order valence-electron chi connectivity index (χ4n) is 2.74. The summed E-state index contributed by atoms with van der Waals surface area (Å²) in [4.78, 5) is 35.3. The number of carboxylic acid groups (broad SMARTS) is 1. The Bertz CT molecular complexity index is 804. The first-order chi connectivity index (χ1) is 14.3. The van der Waals surface area contributed by atoms with Gasteiger partial charge >= 0.3 is 5.97 Å². The van der Waals surface area contributed by atoms with Gasteiger partial charge in [-0.25, -0.2) is 4.79 Å². The van der Waals surface area contributed by atoms with E-state index < -0.39 is 29.9 Å². The van der Waals surface area contributed by atoms with Crippen LogP contribution in [0.25, 0.3) is 0 Å². The molecule has 0 unspecified atom stereocenters. The normalized spacial score (nSPS) is 12.3. The second-order valence-electron chi connectivity index (χ2n) is 6.62. The number of carbonyl (C=O) groups excluding carboxylic acids is 2. The molecule has 0 fully saturated rings. The van der Waals surface area contributed by atoms with E-state index in [0.717, 1.165) is 11.1 Å².